The predicted molar refractivity (Wildman–Crippen MR) is 87.5 cm³/mol. The lowest BCUT2D eigenvalue weighted by Gasteiger charge is -2.13. The van der Waals surface area contributed by atoms with Crippen LogP contribution in [0.15, 0.2) is 29.2 Å². The molecule has 128 valence electrons. The molecular formula is C14H20ClN3O4S. The molecule has 0 aliphatic rings. The Morgan fingerprint density at radius 2 is 1.83 bits per heavy atom. The van der Waals surface area contributed by atoms with Crippen molar-refractivity contribution in [2.75, 3.05) is 13.1 Å². The number of rotatable bonds is 8. The summed E-state index contributed by atoms with van der Waals surface area (Å²) in [5, 5.41) is 5.51. The molecule has 0 bridgehead atoms. The highest BCUT2D eigenvalue weighted by Gasteiger charge is 2.16. The van der Waals surface area contributed by atoms with E-state index < -0.39 is 22.0 Å². The third-order valence-electron chi connectivity index (χ3n) is 2.89. The van der Waals surface area contributed by atoms with E-state index in [2.05, 4.69) is 15.4 Å². The van der Waals surface area contributed by atoms with Gasteiger partial charge in [0.15, 0.2) is 0 Å². The molecule has 3 N–H and O–H groups in total. The van der Waals surface area contributed by atoms with Crippen LogP contribution in [0.1, 0.15) is 20.3 Å². The molecule has 0 spiro atoms. The summed E-state index contributed by atoms with van der Waals surface area (Å²) in [5.74, 6) is -0.704. The van der Waals surface area contributed by atoms with Gasteiger partial charge in [0.25, 0.3) is 0 Å². The van der Waals surface area contributed by atoms with Crippen LogP contribution in [0.5, 0.6) is 0 Å². The lowest BCUT2D eigenvalue weighted by molar-refractivity contribution is -0.128. The first kappa shape index (κ1) is 19.4. The zero-order chi connectivity index (χ0) is 17.5. The largest absolute Gasteiger partial charge is 0.355 e. The van der Waals surface area contributed by atoms with Crippen molar-refractivity contribution in [3.63, 3.8) is 0 Å². The summed E-state index contributed by atoms with van der Waals surface area (Å²) >= 11 is 5.70. The number of halogens is 1. The van der Waals surface area contributed by atoms with E-state index in [0.717, 1.165) is 0 Å². The van der Waals surface area contributed by atoms with Crippen molar-refractivity contribution in [3.05, 3.63) is 29.3 Å². The Morgan fingerprint density at radius 3 is 2.39 bits per heavy atom. The van der Waals surface area contributed by atoms with Gasteiger partial charge in [-0.3, -0.25) is 9.59 Å². The summed E-state index contributed by atoms with van der Waals surface area (Å²) in [7, 11) is -3.69. The molecule has 0 heterocycles. The molecule has 1 atom stereocenters. The molecule has 1 aromatic carbocycles. The third-order valence-corrected chi connectivity index (χ3v) is 4.62. The minimum absolute atomic E-state index is 0.0676. The molecule has 1 unspecified atom stereocenters. The summed E-state index contributed by atoms with van der Waals surface area (Å²) in [5.41, 5.74) is 0. The zero-order valence-corrected chi connectivity index (χ0v) is 14.5. The number of carbonyl (C=O) groups excluding carboxylic acids is 2. The van der Waals surface area contributed by atoms with E-state index >= 15 is 0 Å². The monoisotopic (exact) mass is 361 g/mol. The second-order valence-electron chi connectivity index (χ2n) is 4.79. The van der Waals surface area contributed by atoms with Gasteiger partial charge in [0.1, 0.15) is 6.04 Å². The minimum atomic E-state index is -3.69. The molecule has 1 rings (SSSR count). The van der Waals surface area contributed by atoms with Gasteiger partial charge in [-0.2, -0.15) is 0 Å². The van der Waals surface area contributed by atoms with Crippen molar-refractivity contribution in [1.29, 1.82) is 0 Å². The summed E-state index contributed by atoms with van der Waals surface area (Å²) < 4.78 is 26.3. The second-order valence-corrected chi connectivity index (χ2v) is 6.99. The number of hydrogen-bond acceptors (Lipinski definition) is 4. The van der Waals surface area contributed by atoms with Crippen molar-refractivity contribution >= 4 is 33.4 Å². The predicted octanol–water partition coefficient (Wildman–Crippen LogP) is 0.649. The average Bonchev–Trinajstić information content (AvgIpc) is 2.47. The molecule has 0 radical (unpaired) electrons. The van der Waals surface area contributed by atoms with Gasteiger partial charge >= 0.3 is 0 Å². The van der Waals surface area contributed by atoms with E-state index in [1.165, 1.54) is 24.3 Å². The summed E-state index contributed by atoms with van der Waals surface area (Å²) in [6, 6.07) is 5.02. The molecule has 0 aliphatic carbocycles. The number of sulfonamides is 1. The second kappa shape index (κ2) is 8.85. The topological polar surface area (TPSA) is 104 Å². The fraction of sp³-hybridized carbons (Fsp3) is 0.429. The molecule has 2 amide bonds. The fourth-order valence-electron chi connectivity index (χ4n) is 1.70. The number of nitrogens with one attached hydrogen (secondary N) is 3. The van der Waals surface area contributed by atoms with Crippen LogP contribution in [-0.2, 0) is 19.6 Å². The number of benzene rings is 1. The van der Waals surface area contributed by atoms with Crippen molar-refractivity contribution in [3.8, 4) is 0 Å². The highest BCUT2D eigenvalue weighted by atomic mass is 35.5. The van der Waals surface area contributed by atoms with E-state index in [1.807, 2.05) is 0 Å². The van der Waals surface area contributed by atoms with Gasteiger partial charge < -0.3 is 10.6 Å². The SMILES string of the molecule is CCNC(=O)C(C)NC(=O)CCNS(=O)(=O)c1ccc(Cl)cc1. The van der Waals surface area contributed by atoms with Crippen LogP contribution < -0.4 is 15.4 Å². The summed E-state index contributed by atoms with van der Waals surface area (Å²) in [6.45, 7) is 3.73. The number of amides is 2. The van der Waals surface area contributed by atoms with Crippen LogP contribution in [0.2, 0.25) is 5.02 Å². The van der Waals surface area contributed by atoms with E-state index in [1.54, 1.807) is 13.8 Å². The number of likely N-dealkylation sites (N-methyl/N-ethyl adjacent to an activating group) is 1. The first-order valence-electron chi connectivity index (χ1n) is 7.08. The van der Waals surface area contributed by atoms with Gasteiger partial charge in [-0.1, -0.05) is 11.6 Å². The highest BCUT2D eigenvalue weighted by Crippen LogP contribution is 2.13. The number of hydrogen-bond donors (Lipinski definition) is 3. The van der Waals surface area contributed by atoms with Crippen molar-refractivity contribution in [2.45, 2.75) is 31.2 Å². The standard InChI is InChI=1S/C14H20ClN3O4S/c1-3-16-14(20)10(2)18-13(19)8-9-17-23(21,22)12-6-4-11(15)5-7-12/h4-7,10,17H,3,8-9H2,1-2H3,(H,16,20)(H,18,19). The van der Waals surface area contributed by atoms with Crippen LogP contribution in [-0.4, -0.2) is 39.4 Å². The molecular weight excluding hydrogens is 342 g/mol. The fourth-order valence-corrected chi connectivity index (χ4v) is 2.86. The van der Waals surface area contributed by atoms with Gasteiger partial charge in [0, 0.05) is 24.5 Å². The molecule has 0 saturated heterocycles. The Morgan fingerprint density at radius 1 is 1.22 bits per heavy atom. The normalized spacial score (nSPS) is 12.5. The molecule has 23 heavy (non-hydrogen) atoms. The zero-order valence-electron chi connectivity index (χ0n) is 12.9. The van der Waals surface area contributed by atoms with Gasteiger partial charge in [-0.25, -0.2) is 13.1 Å². The van der Waals surface area contributed by atoms with Crippen molar-refractivity contribution in [1.82, 2.24) is 15.4 Å². The number of carbonyl (C=O) groups is 2. The Hall–Kier alpha value is -1.64. The maximum atomic E-state index is 12.0. The van der Waals surface area contributed by atoms with Crippen LogP contribution in [0.4, 0.5) is 0 Å². The van der Waals surface area contributed by atoms with Crippen molar-refractivity contribution in [2.24, 2.45) is 0 Å². The maximum absolute atomic E-state index is 12.0. The minimum Gasteiger partial charge on any atom is -0.355 e. The van der Waals surface area contributed by atoms with Crippen LogP contribution in [0.25, 0.3) is 0 Å². The Bertz CT molecular complexity index is 646. The van der Waals surface area contributed by atoms with E-state index in [0.29, 0.717) is 11.6 Å². The van der Waals surface area contributed by atoms with Crippen molar-refractivity contribution < 1.29 is 18.0 Å². The average molecular weight is 362 g/mol. The van der Waals surface area contributed by atoms with Crippen LogP contribution in [0, 0.1) is 0 Å². The smallest absolute Gasteiger partial charge is 0.242 e. The first-order chi connectivity index (χ1) is 10.8. The Balaban J connectivity index is 2.45. The molecule has 0 saturated carbocycles. The lowest BCUT2D eigenvalue weighted by atomic mass is 10.3. The van der Waals surface area contributed by atoms with Crippen LogP contribution in [0.3, 0.4) is 0 Å². The van der Waals surface area contributed by atoms with E-state index in [4.69, 9.17) is 11.6 Å². The van der Waals surface area contributed by atoms with E-state index in [9.17, 15) is 18.0 Å². The van der Waals surface area contributed by atoms with Gasteiger partial charge in [-0.15, -0.1) is 0 Å². The third kappa shape index (κ3) is 6.55. The Labute approximate surface area is 140 Å². The highest BCUT2D eigenvalue weighted by molar-refractivity contribution is 7.89. The van der Waals surface area contributed by atoms with Gasteiger partial charge in [0.05, 0.1) is 4.90 Å². The quantitative estimate of drug-likeness (QED) is 0.632. The Kier molecular flexibility index (Phi) is 7.47. The molecule has 0 fully saturated rings. The molecule has 7 nitrogen and oxygen atoms in total. The van der Waals surface area contributed by atoms with Gasteiger partial charge in [0.2, 0.25) is 21.8 Å². The molecule has 0 aliphatic heterocycles. The maximum Gasteiger partial charge on any atom is 0.242 e. The molecule has 1 aromatic rings. The molecule has 0 aromatic heterocycles. The summed E-state index contributed by atoms with van der Waals surface area (Å²) in [4.78, 5) is 23.2. The first-order valence-corrected chi connectivity index (χ1v) is 8.94. The van der Waals surface area contributed by atoms with Gasteiger partial charge in [-0.05, 0) is 38.1 Å². The van der Waals surface area contributed by atoms with E-state index in [-0.39, 0.29) is 23.8 Å². The van der Waals surface area contributed by atoms with Crippen LogP contribution >= 0.6 is 11.6 Å². The molecule has 9 heteroatoms. The lowest BCUT2D eigenvalue weighted by Crippen LogP contribution is -2.45. The summed E-state index contributed by atoms with van der Waals surface area (Å²) in [6.07, 6.45) is -0.0729.